The molecule has 2 atom stereocenters. The predicted octanol–water partition coefficient (Wildman–Crippen LogP) is 5.49. The smallest absolute Gasteiger partial charge is 0.255 e. The molecule has 0 aromatic heterocycles. The number of carbonyl (C=O) groups is 1. The molecule has 2 heterocycles. The van der Waals surface area contributed by atoms with Crippen molar-refractivity contribution in [3.8, 4) is 5.75 Å². The van der Waals surface area contributed by atoms with E-state index in [0.29, 0.717) is 30.8 Å². The summed E-state index contributed by atoms with van der Waals surface area (Å²) in [6.07, 6.45) is 2.58. The van der Waals surface area contributed by atoms with E-state index in [2.05, 4.69) is 4.90 Å². The summed E-state index contributed by atoms with van der Waals surface area (Å²) in [5.41, 5.74) is 1.96. The average Bonchev–Trinajstić information content (AvgIpc) is 2.96. The number of anilines is 1. The van der Waals surface area contributed by atoms with Gasteiger partial charge in [-0.15, -0.1) is 0 Å². The molecule has 0 saturated carbocycles. The summed E-state index contributed by atoms with van der Waals surface area (Å²) in [5, 5.41) is 10.9. The second kappa shape index (κ2) is 8.25. The van der Waals surface area contributed by atoms with Crippen molar-refractivity contribution in [2.45, 2.75) is 43.2 Å². The molecule has 2 unspecified atom stereocenters. The summed E-state index contributed by atoms with van der Waals surface area (Å²) in [6, 6.07) is 7.89. The number of amides is 1. The van der Waals surface area contributed by atoms with Gasteiger partial charge in [0.05, 0.1) is 16.3 Å². The van der Waals surface area contributed by atoms with Crippen molar-refractivity contribution in [3.63, 3.8) is 0 Å². The Hall–Kier alpha value is -1.63. The molecule has 2 bridgehead atoms. The maximum atomic E-state index is 13.3. The number of nitrogens with zero attached hydrogens (tertiary/aromatic N) is 2. The van der Waals surface area contributed by atoms with Crippen molar-refractivity contribution in [2.75, 3.05) is 18.0 Å². The van der Waals surface area contributed by atoms with Crippen molar-refractivity contribution in [3.05, 3.63) is 52.3 Å². The maximum Gasteiger partial charge on any atom is 0.255 e. The van der Waals surface area contributed by atoms with E-state index in [4.69, 9.17) is 22.3 Å². The zero-order valence-electron chi connectivity index (χ0n) is 15.9. The van der Waals surface area contributed by atoms with Crippen molar-refractivity contribution >= 4 is 44.9 Å². The van der Waals surface area contributed by atoms with Crippen LogP contribution < -0.4 is 4.90 Å². The van der Waals surface area contributed by atoms with Crippen LogP contribution in [0.2, 0.25) is 5.02 Å². The van der Waals surface area contributed by atoms with Crippen molar-refractivity contribution in [1.82, 2.24) is 4.90 Å². The molecule has 8 heteroatoms. The molecule has 2 saturated heterocycles. The Balaban J connectivity index is 1.61. The van der Waals surface area contributed by atoms with Gasteiger partial charge in [-0.3, -0.25) is 4.79 Å². The minimum atomic E-state index is -0.462. The molecule has 1 amide bonds. The van der Waals surface area contributed by atoms with Crippen LogP contribution in [-0.4, -0.2) is 41.1 Å². The lowest BCUT2D eigenvalue weighted by molar-refractivity contribution is 0.0718. The molecule has 1 N–H and O–H groups in total. The van der Waals surface area contributed by atoms with Crippen molar-refractivity contribution in [2.24, 2.45) is 0 Å². The minimum Gasteiger partial charge on any atom is -0.505 e. The molecule has 2 aromatic carbocycles. The van der Waals surface area contributed by atoms with Gasteiger partial charge in [-0.1, -0.05) is 18.5 Å². The van der Waals surface area contributed by atoms with Gasteiger partial charge in [0.15, 0.2) is 0 Å². The third-order valence-electron chi connectivity index (χ3n) is 5.82. The first-order valence-corrected chi connectivity index (χ1v) is 11.6. The monoisotopic (exact) mass is 454 g/mol. The van der Waals surface area contributed by atoms with Crippen LogP contribution in [-0.2, 0) is 6.42 Å². The Morgan fingerprint density at radius 1 is 1.24 bits per heavy atom. The minimum absolute atomic E-state index is 0.100. The Bertz CT molecular complexity index is 945. The van der Waals surface area contributed by atoms with Gasteiger partial charge in [-0.25, -0.2) is 4.39 Å². The van der Waals surface area contributed by atoms with Gasteiger partial charge in [-0.05, 0) is 76.8 Å². The van der Waals surface area contributed by atoms with Gasteiger partial charge in [0, 0.05) is 30.1 Å². The number of rotatable bonds is 4. The van der Waals surface area contributed by atoms with Crippen LogP contribution in [0.25, 0.3) is 0 Å². The maximum absolute atomic E-state index is 13.3. The second-order valence-electron chi connectivity index (χ2n) is 7.51. The number of fused-ring (bicyclic) bond motifs is 2. The van der Waals surface area contributed by atoms with Crippen LogP contribution in [0.15, 0.2) is 35.2 Å². The predicted molar refractivity (Wildman–Crippen MR) is 116 cm³/mol. The molecule has 4 rings (SSSR count). The molecule has 2 aliphatic rings. The van der Waals surface area contributed by atoms with Gasteiger partial charge in [0.2, 0.25) is 0 Å². The molecule has 0 radical (unpaired) electrons. The first kappa shape index (κ1) is 20.6. The first-order chi connectivity index (χ1) is 13.9. The molecule has 2 aliphatic heterocycles. The molecule has 0 aliphatic carbocycles. The summed E-state index contributed by atoms with van der Waals surface area (Å²) < 4.78 is 13.3. The van der Waals surface area contributed by atoms with Gasteiger partial charge in [0.1, 0.15) is 11.6 Å². The van der Waals surface area contributed by atoms with E-state index in [1.807, 2.05) is 19.1 Å². The Morgan fingerprint density at radius 3 is 2.52 bits per heavy atom. The lowest BCUT2D eigenvalue weighted by Gasteiger charge is -2.43. The molecule has 0 spiro atoms. The topological polar surface area (TPSA) is 43.8 Å². The van der Waals surface area contributed by atoms with Crippen LogP contribution in [0.5, 0.6) is 5.75 Å². The van der Waals surface area contributed by atoms with E-state index in [0.717, 1.165) is 40.0 Å². The molecular weight excluding hydrogens is 434 g/mol. The number of phenols is 1. The van der Waals surface area contributed by atoms with Crippen LogP contribution in [0.1, 0.15) is 35.7 Å². The summed E-state index contributed by atoms with van der Waals surface area (Å²) in [6.45, 7) is 3.06. The zero-order chi connectivity index (χ0) is 20.7. The number of carbonyl (C=O) groups excluding carboxylic acids is 1. The molecule has 4 nitrogen and oxygen atoms in total. The molecule has 29 heavy (non-hydrogen) atoms. The Labute approximate surface area is 183 Å². The van der Waals surface area contributed by atoms with Gasteiger partial charge < -0.3 is 14.9 Å². The van der Waals surface area contributed by atoms with Crippen LogP contribution in [0, 0.1) is 5.82 Å². The SMILES string of the molecule is CCc1cc(SCl)cc(N2C3CCC2CN(C(=O)c2ccc(F)cc2Cl)C3)c1O. The fourth-order valence-electron chi connectivity index (χ4n) is 4.46. The largest absolute Gasteiger partial charge is 0.505 e. The standard InChI is InChI=1S/C21H21Cl2FN2O2S/c1-2-12-7-16(29-23)9-19(20(12)27)26-14-4-5-15(26)11-25(10-14)21(28)17-6-3-13(24)8-18(17)22/h3,6-9,14-15,27H,2,4-5,10-11H2,1H3. The van der Waals surface area contributed by atoms with Crippen molar-refractivity contribution in [1.29, 1.82) is 0 Å². The molecule has 2 aromatic rings. The Kier molecular flexibility index (Phi) is 5.87. The third kappa shape index (κ3) is 3.78. The van der Waals surface area contributed by atoms with Gasteiger partial charge >= 0.3 is 0 Å². The number of phenolic OH excluding ortho intramolecular Hbond substituents is 1. The quantitative estimate of drug-likeness (QED) is 0.663. The number of aromatic hydroxyl groups is 1. The Morgan fingerprint density at radius 2 is 1.93 bits per heavy atom. The molecular formula is C21H21Cl2FN2O2S. The normalized spacial score (nSPS) is 21.0. The fraction of sp³-hybridized carbons (Fsp3) is 0.381. The fourth-order valence-corrected chi connectivity index (χ4v) is 5.31. The van der Waals surface area contributed by atoms with Crippen molar-refractivity contribution < 1.29 is 14.3 Å². The van der Waals surface area contributed by atoms with E-state index in [-0.39, 0.29) is 23.0 Å². The van der Waals surface area contributed by atoms with E-state index in [1.54, 1.807) is 4.90 Å². The lowest BCUT2D eigenvalue weighted by Crippen LogP contribution is -2.55. The number of piperazine rings is 1. The number of hydrogen-bond acceptors (Lipinski definition) is 4. The summed E-state index contributed by atoms with van der Waals surface area (Å²) >= 11 is 6.10. The number of likely N-dealkylation sites (tertiary alicyclic amines) is 1. The molecule has 2 fully saturated rings. The average molecular weight is 455 g/mol. The summed E-state index contributed by atoms with van der Waals surface area (Å²) in [4.78, 5) is 17.9. The highest BCUT2D eigenvalue weighted by Crippen LogP contribution is 2.43. The highest BCUT2D eigenvalue weighted by molar-refractivity contribution is 8.21. The van der Waals surface area contributed by atoms with Crippen LogP contribution in [0.4, 0.5) is 10.1 Å². The van der Waals surface area contributed by atoms with Gasteiger partial charge in [-0.2, -0.15) is 0 Å². The van der Waals surface area contributed by atoms with E-state index >= 15 is 0 Å². The number of aryl methyl sites for hydroxylation is 1. The van der Waals surface area contributed by atoms with E-state index in [9.17, 15) is 14.3 Å². The number of halogens is 3. The number of hydrogen-bond donors (Lipinski definition) is 1. The lowest BCUT2D eigenvalue weighted by atomic mass is 10.1. The zero-order valence-corrected chi connectivity index (χ0v) is 18.2. The highest BCUT2D eigenvalue weighted by atomic mass is 35.7. The highest BCUT2D eigenvalue weighted by Gasteiger charge is 2.43. The number of benzene rings is 2. The van der Waals surface area contributed by atoms with Crippen LogP contribution >= 0.6 is 33.3 Å². The summed E-state index contributed by atoms with van der Waals surface area (Å²) in [5.74, 6) is -0.356. The molecule has 154 valence electrons. The van der Waals surface area contributed by atoms with E-state index in [1.165, 1.54) is 18.2 Å². The van der Waals surface area contributed by atoms with Crippen LogP contribution in [0.3, 0.4) is 0 Å². The summed E-state index contributed by atoms with van der Waals surface area (Å²) in [7, 11) is 7.13. The first-order valence-electron chi connectivity index (χ1n) is 9.60. The third-order valence-corrected chi connectivity index (χ3v) is 7.08. The van der Waals surface area contributed by atoms with Gasteiger partial charge in [0.25, 0.3) is 5.91 Å². The second-order valence-corrected chi connectivity index (χ2v) is 9.00. The van der Waals surface area contributed by atoms with E-state index < -0.39 is 5.82 Å².